The molecule has 3 aromatic rings. The first-order chi connectivity index (χ1) is 12.5. The fourth-order valence-electron chi connectivity index (χ4n) is 3.27. The number of nitrogens with zero attached hydrogens (tertiary/aromatic N) is 2. The van der Waals surface area contributed by atoms with E-state index in [0.717, 1.165) is 12.1 Å². The zero-order chi connectivity index (χ0) is 18.4. The molecule has 1 aliphatic heterocycles. The standard InChI is InChI=1S/C17H13ClF2N4O2/c1-26-7-4-9(19)13(10(20)5-7)8-6-21-17(25)14(8)16-22-11-2-3-12(18)23-15(11)24-16/h2-5,8,14H,6H2,1H3,(H,21,25)(H,22,23,24)/t8-,14+/m0/s1. The van der Waals surface area contributed by atoms with E-state index in [1.807, 2.05) is 0 Å². The third-order valence-electron chi connectivity index (χ3n) is 4.46. The van der Waals surface area contributed by atoms with Crippen LogP contribution in [0.15, 0.2) is 24.3 Å². The maximum Gasteiger partial charge on any atom is 0.231 e. The maximum atomic E-state index is 14.5. The molecule has 1 saturated heterocycles. The average molecular weight is 379 g/mol. The summed E-state index contributed by atoms with van der Waals surface area (Å²) < 4.78 is 33.9. The molecule has 134 valence electrons. The van der Waals surface area contributed by atoms with E-state index in [-0.39, 0.29) is 34.7 Å². The second kappa shape index (κ2) is 6.21. The second-order valence-corrected chi connectivity index (χ2v) is 6.35. The molecule has 0 bridgehead atoms. The average Bonchev–Trinajstić information content (AvgIpc) is 3.16. The Hall–Kier alpha value is -2.74. The number of ether oxygens (including phenoxy) is 1. The smallest absolute Gasteiger partial charge is 0.231 e. The molecule has 2 aromatic heterocycles. The summed E-state index contributed by atoms with van der Waals surface area (Å²) in [6, 6.07) is 5.45. The highest BCUT2D eigenvalue weighted by atomic mass is 35.5. The minimum absolute atomic E-state index is 0.0696. The van der Waals surface area contributed by atoms with E-state index in [9.17, 15) is 13.6 Å². The number of hydrogen-bond donors (Lipinski definition) is 2. The fourth-order valence-corrected chi connectivity index (χ4v) is 3.42. The van der Waals surface area contributed by atoms with Crippen LogP contribution in [0.25, 0.3) is 11.2 Å². The molecule has 0 radical (unpaired) electrons. The number of pyridine rings is 1. The van der Waals surface area contributed by atoms with E-state index in [4.69, 9.17) is 16.3 Å². The van der Waals surface area contributed by atoms with Gasteiger partial charge >= 0.3 is 0 Å². The van der Waals surface area contributed by atoms with Crippen LogP contribution in [0.3, 0.4) is 0 Å². The predicted molar refractivity (Wildman–Crippen MR) is 90.3 cm³/mol. The number of hydrogen-bond acceptors (Lipinski definition) is 4. The molecule has 6 nitrogen and oxygen atoms in total. The summed E-state index contributed by atoms with van der Waals surface area (Å²) in [6.45, 7) is 0.0922. The van der Waals surface area contributed by atoms with Crippen LogP contribution in [0.4, 0.5) is 8.78 Å². The Bertz CT molecular complexity index is 1000. The number of methoxy groups -OCH3 is 1. The summed E-state index contributed by atoms with van der Waals surface area (Å²) in [5.74, 6) is -3.19. The van der Waals surface area contributed by atoms with Crippen molar-refractivity contribution in [3.8, 4) is 5.75 Å². The Balaban J connectivity index is 1.80. The van der Waals surface area contributed by atoms with Crippen molar-refractivity contribution in [2.24, 2.45) is 0 Å². The molecular formula is C17H13ClF2N4O2. The van der Waals surface area contributed by atoms with Crippen molar-refractivity contribution in [1.29, 1.82) is 0 Å². The van der Waals surface area contributed by atoms with Gasteiger partial charge in [-0.3, -0.25) is 4.79 Å². The highest BCUT2D eigenvalue weighted by Crippen LogP contribution is 2.39. The highest BCUT2D eigenvalue weighted by molar-refractivity contribution is 6.29. The molecular weight excluding hydrogens is 366 g/mol. The molecule has 0 aliphatic carbocycles. The summed E-state index contributed by atoms with van der Waals surface area (Å²) in [5, 5.41) is 2.90. The van der Waals surface area contributed by atoms with Gasteiger partial charge in [-0.15, -0.1) is 0 Å². The molecule has 9 heteroatoms. The number of amides is 1. The monoisotopic (exact) mass is 378 g/mol. The number of nitrogens with one attached hydrogen (secondary N) is 2. The van der Waals surface area contributed by atoms with Crippen molar-refractivity contribution >= 4 is 28.7 Å². The number of aromatic nitrogens is 3. The van der Waals surface area contributed by atoms with Crippen LogP contribution in [0.2, 0.25) is 5.15 Å². The molecule has 1 amide bonds. The molecule has 1 aliphatic rings. The van der Waals surface area contributed by atoms with Gasteiger partial charge < -0.3 is 15.0 Å². The van der Waals surface area contributed by atoms with Crippen molar-refractivity contribution in [3.05, 3.63) is 52.4 Å². The third-order valence-corrected chi connectivity index (χ3v) is 4.68. The topological polar surface area (TPSA) is 79.9 Å². The van der Waals surface area contributed by atoms with Gasteiger partial charge in [0.05, 0.1) is 12.6 Å². The molecule has 2 atom stereocenters. The number of rotatable bonds is 3. The number of halogens is 3. The number of carbonyl (C=O) groups is 1. The number of imidazole rings is 1. The summed E-state index contributed by atoms with van der Waals surface area (Å²) in [4.78, 5) is 23.7. The molecule has 2 N–H and O–H groups in total. The number of carbonyl (C=O) groups excluding carboxylic acids is 1. The van der Waals surface area contributed by atoms with Gasteiger partial charge in [0.1, 0.15) is 34.3 Å². The summed E-state index contributed by atoms with van der Waals surface area (Å²) in [7, 11) is 1.32. The normalized spacial score (nSPS) is 19.8. The predicted octanol–water partition coefficient (Wildman–Crippen LogP) is 2.90. The number of benzene rings is 1. The van der Waals surface area contributed by atoms with Crippen LogP contribution in [-0.4, -0.2) is 34.5 Å². The van der Waals surface area contributed by atoms with E-state index >= 15 is 0 Å². The summed E-state index contributed by atoms with van der Waals surface area (Å²) in [5.41, 5.74) is 0.737. The zero-order valence-corrected chi connectivity index (χ0v) is 14.3. The van der Waals surface area contributed by atoms with E-state index in [1.165, 1.54) is 7.11 Å². The minimum Gasteiger partial charge on any atom is -0.497 e. The second-order valence-electron chi connectivity index (χ2n) is 5.96. The van der Waals surface area contributed by atoms with Gasteiger partial charge in [0, 0.05) is 30.2 Å². The van der Waals surface area contributed by atoms with Crippen LogP contribution in [-0.2, 0) is 4.79 Å². The lowest BCUT2D eigenvalue weighted by Crippen LogP contribution is -2.19. The van der Waals surface area contributed by atoms with Crippen LogP contribution in [0.1, 0.15) is 23.2 Å². The Morgan fingerprint density at radius 3 is 2.65 bits per heavy atom. The highest BCUT2D eigenvalue weighted by Gasteiger charge is 2.41. The summed E-state index contributed by atoms with van der Waals surface area (Å²) in [6.07, 6.45) is 0. The maximum absolute atomic E-state index is 14.5. The van der Waals surface area contributed by atoms with Crippen LogP contribution in [0.5, 0.6) is 5.75 Å². The molecule has 4 rings (SSSR count). The van der Waals surface area contributed by atoms with Crippen molar-refractivity contribution < 1.29 is 18.3 Å². The van der Waals surface area contributed by atoms with Crippen molar-refractivity contribution in [2.45, 2.75) is 11.8 Å². The molecule has 1 fully saturated rings. The molecule has 26 heavy (non-hydrogen) atoms. The van der Waals surface area contributed by atoms with Crippen LogP contribution in [0, 0.1) is 11.6 Å². The number of fused-ring (bicyclic) bond motifs is 1. The van der Waals surface area contributed by atoms with E-state index in [0.29, 0.717) is 11.2 Å². The Morgan fingerprint density at radius 2 is 1.96 bits per heavy atom. The summed E-state index contributed by atoms with van der Waals surface area (Å²) >= 11 is 5.86. The van der Waals surface area contributed by atoms with Gasteiger partial charge in [0.25, 0.3) is 0 Å². The molecule has 3 heterocycles. The molecule has 0 unspecified atom stereocenters. The lowest BCUT2D eigenvalue weighted by Gasteiger charge is -2.17. The zero-order valence-electron chi connectivity index (χ0n) is 13.5. The first-order valence-electron chi connectivity index (χ1n) is 7.80. The Kier molecular flexibility index (Phi) is 3.99. The number of aromatic amines is 1. The van der Waals surface area contributed by atoms with Crippen molar-refractivity contribution in [2.75, 3.05) is 13.7 Å². The van der Waals surface area contributed by atoms with Crippen LogP contribution >= 0.6 is 11.6 Å². The van der Waals surface area contributed by atoms with Gasteiger partial charge in [-0.25, -0.2) is 18.7 Å². The fraction of sp³-hybridized carbons (Fsp3) is 0.235. The Labute approximate surface area is 151 Å². The lowest BCUT2D eigenvalue weighted by atomic mass is 9.87. The first-order valence-corrected chi connectivity index (χ1v) is 8.18. The van der Waals surface area contributed by atoms with Gasteiger partial charge in [0.15, 0.2) is 5.65 Å². The minimum atomic E-state index is -0.875. The largest absolute Gasteiger partial charge is 0.497 e. The van der Waals surface area contributed by atoms with E-state index in [2.05, 4.69) is 20.3 Å². The van der Waals surface area contributed by atoms with Gasteiger partial charge in [-0.2, -0.15) is 0 Å². The van der Waals surface area contributed by atoms with Gasteiger partial charge in [0.2, 0.25) is 5.91 Å². The first kappa shape index (κ1) is 16.7. The third kappa shape index (κ3) is 2.66. The lowest BCUT2D eigenvalue weighted by molar-refractivity contribution is -0.120. The SMILES string of the molecule is COc1cc(F)c([C@@H]2CNC(=O)[C@H]2c2nc3nc(Cl)ccc3[nH]2)c(F)c1. The number of H-pyrrole nitrogens is 1. The van der Waals surface area contributed by atoms with E-state index in [1.54, 1.807) is 12.1 Å². The van der Waals surface area contributed by atoms with Gasteiger partial charge in [-0.05, 0) is 12.1 Å². The van der Waals surface area contributed by atoms with Crippen LogP contribution < -0.4 is 10.1 Å². The quantitative estimate of drug-likeness (QED) is 0.687. The molecule has 0 spiro atoms. The van der Waals surface area contributed by atoms with E-state index < -0.39 is 23.5 Å². The van der Waals surface area contributed by atoms with Gasteiger partial charge in [-0.1, -0.05) is 11.6 Å². The Morgan fingerprint density at radius 1 is 1.23 bits per heavy atom. The van der Waals surface area contributed by atoms with Crippen molar-refractivity contribution in [3.63, 3.8) is 0 Å². The van der Waals surface area contributed by atoms with Crippen molar-refractivity contribution in [1.82, 2.24) is 20.3 Å². The molecule has 1 aromatic carbocycles. The molecule has 0 saturated carbocycles.